The van der Waals surface area contributed by atoms with Gasteiger partial charge in [0.15, 0.2) is 0 Å². The Kier molecular flexibility index (Phi) is 2.85. The van der Waals surface area contributed by atoms with Crippen LogP contribution in [0, 0.1) is 5.82 Å². The van der Waals surface area contributed by atoms with Crippen LogP contribution in [0.3, 0.4) is 0 Å². The maximum absolute atomic E-state index is 13.2. The van der Waals surface area contributed by atoms with Crippen LogP contribution in [0.25, 0.3) is 0 Å². The summed E-state index contributed by atoms with van der Waals surface area (Å²) in [5.74, 6) is -0.183. The van der Waals surface area contributed by atoms with E-state index in [0.29, 0.717) is 18.7 Å². The quantitative estimate of drug-likeness (QED) is 0.790. The van der Waals surface area contributed by atoms with Gasteiger partial charge < -0.3 is 10.6 Å². The SMILES string of the molecule is O=C1CC[C@@H](CNc2ccccc2F)N1. The van der Waals surface area contributed by atoms with Gasteiger partial charge in [0.2, 0.25) is 5.91 Å². The molecule has 2 rings (SSSR count). The van der Waals surface area contributed by atoms with E-state index >= 15 is 0 Å². The van der Waals surface area contributed by atoms with Crippen molar-refractivity contribution in [2.45, 2.75) is 18.9 Å². The number of nitrogens with one attached hydrogen (secondary N) is 2. The zero-order valence-corrected chi connectivity index (χ0v) is 8.29. The summed E-state index contributed by atoms with van der Waals surface area (Å²) >= 11 is 0. The van der Waals surface area contributed by atoms with Crippen molar-refractivity contribution in [3.05, 3.63) is 30.1 Å². The van der Waals surface area contributed by atoms with Crippen LogP contribution in [-0.4, -0.2) is 18.5 Å². The van der Waals surface area contributed by atoms with Gasteiger partial charge in [-0.3, -0.25) is 4.79 Å². The average Bonchev–Trinajstić information content (AvgIpc) is 2.63. The smallest absolute Gasteiger partial charge is 0.220 e. The Labute approximate surface area is 87.7 Å². The van der Waals surface area contributed by atoms with Crippen LogP contribution >= 0.6 is 0 Å². The van der Waals surface area contributed by atoms with Gasteiger partial charge in [-0.1, -0.05) is 12.1 Å². The average molecular weight is 208 g/mol. The Balaban J connectivity index is 1.88. The summed E-state index contributed by atoms with van der Waals surface area (Å²) in [6.07, 6.45) is 1.39. The van der Waals surface area contributed by atoms with Gasteiger partial charge in [-0.15, -0.1) is 0 Å². The van der Waals surface area contributed by atoms with E-state index in [0.717, 1.165) is 6.42 Å². The third-order valence-corrected chi connectivity index (χ3v) is 2.50. The minimum absolute atomic E-state index is 0.0790. The normalized spacial score (nSPS) is 20.1. The molecule has 1 heterocycles. The largest absolute Gasteiger partial charge is 0.381 e. The van der Waals surface area contributed by atoms with Crippen molar-refractivity contribution < 1.29 is 9.18 Å². The topological polar surface area (TPSA) is 41.1 Å². The molecule has 1 saturated heterocycles. The molecule has 1 aromatic rings. The molecule has 1 aliphatic rings. The fourth-order valence-corrected chi connectivity index (χ4v) is 1.67. The van der Waals surface area contributed by atoms with E-state index in [1.165, 1.54) is 6.07 Å². The lowest BCUT2D eigenvalue weighted by Gasteiger charge is -2.12. The first-order valence-corrected chi connectivity index (χ1v) is 5.03. The molecule has 0 bridgehead atoms. The molecule has 80 valence electrons. The van der Waals surface area contributed by atoms with Gasteiger partial charge in [0.25, 0.3) is 0 Å². The second-order valence-electron chi connectivity index (χ2n) is 3.66. The summed E-state index contributed by atoms with van der Waals surface area (Å²) in [4.78, 5) is 10.9. The highest BCUT2D eigenvalue weighted by Gasteiger charge is 2.20. The Hall–Kier alpha value is -1.58. The van der Waals surface area contributed by atoms with E-state index in [2.05, 4.69) is 10.6 Å². The number of rotatable bonds is 3. The van der Waals surface area contributed by atoms with Gasteiger partial charge in [-0.2, -0.15) is 0 Å². The van der Waals surface area contributed by atoms with Crippen LogP contribution in [0.15, 0.2) is 24.3 Å². The highest BCUT2D eigenvalue weighted by molar-refractivity contribution is 5.78. The molecule has 0 aromatic heterocycles. The van der Waals surface area contributed by atoms with Gasteiger partial charge in [0, 0.05) is 19.0 Å². The molecule has 1 aromatic carbocycles. The van der Waals surface area contributed by atoms with E-state index in [1.54, 1.807) is 18.2 Å². The molecule has 1 fully saturated rings. The van der Waals surface area contributed by atoms with Crippen molar-refractivity contribution in [3.8, 4) is 0 Å². The number of anilines is 1. The summed E-state index contributed by atoms with van der Waals surface area (Å²) in [5.41, 5.74) is 0.485. The summed E-state index contributed by atoms with van der Waals surface area (Å²) in [5, 5.41) is 5.81. The molecule has 3 nitrogen and oxygen atoms in total. The number of hydrogen-bond donors (Lipinski definition) is 2. The highest BCUT2D eigenvalue weighted by atomic mass is 19.1. The van der Waals surface area contributed by atoms with Crippen molar-refractivity contribution in [1.82, 2.24) is 5.32 Å². The third kappa shape index (κ3) is 2.46. The number of carbonyl (C=O) groups excluding carboxylic acids is 1. The van der Waals surface area contributed by atoms with Gasteiger partial charge in [-0.25, -0.2) is 4.39 Å². The molecule has 1 atom stereocenters. The van der Waals surface area contributed by atoms with Crippen molar-refractivity contribution in [3.63, 3.8) is 0 Å². The lowest BCUT2D eigenvalue weighted by molar-refractivity contribution is -0.119. The first-order valence-electron chi connectivity index (χ1n) is 5.03. The minimum Gasteiger partial charge on any atom is -0.381 e. The number of halogens is 1. The maximum atomic E-state index is 13.2. The van der Waals surface area contributed by atoms with E-state index in [4.69, 9.17) is 0 Å². The van der Waals surface area contributed by atoms with Crippen molar-refractivity contribution in [2.24, 2.45) is 0 Å². The van der Waals surface area contributed by atoms with E-state index in [1.807, 2.05) is 0 Å². The van der Waals surface area contributed by atoms with E-state index < -0.39 is 0 Å². The summed E-state index contributed by atoms with van der Waals surface area (Å²) in [7, 11) is 0. The van der Waals surface area contributed by atoms with Crippen LogP contribution in [0.1, 0.15) is 12.8 Å². The van der Waals surface area contributed by atoms with E-state index in [9.17, 15) is 9.18 Å². The van der Waals surface area contributed by atoms with Gasteiger partial charge in [-0.05, 0) is 18.6 Å². The van der Waals surface area contributed by atoms with Crippen LogP contribution in [0.5, 0.6) is 0 Å². The molecule has 0 radical (unpaired) electrons. The first-order chi connectivity index (χ1) is 7.25. The zero-order valence-electron chi connectivity index (χ0n) is 8.29. The molecule has 0 aliphatic carbocycles. The summed E-state index contributed by atoms with van der Waals surface area (Å²) in [6, 6.07) is 6.65. The number of amides is 1. The molecule has 0 unspecified atom stereocenters. The van der Waals surface area contributed by atoms with Crippen molar-refractivity contribution >= 4 is 11.6 Å². The first kappa shape index (κ1) is 9.96. The Morgan fingerprint density at radius 1 is 1.47 bits per heavy atom. The number of benzene rings is 1. The standard InChI is InChI=1S/C11H13FN2O/c12-9-3-1-2-4-10(9)13-7-8-5-6-11(15)14-8/h1-4,8,13H,5-7H2,(H,14,15)/t8-/m0/s1. The molecule has 1 aliphatic heterocycles. The minimum atomic E-state index is -0.262. The van der Waals surface area contributed by atoms with Crippen LogP contribution < -0.4 is 10.6 Å². The predicted octanol–water partition coefficient (Wildman–Crippen LogP) is 1.52. The second kappa shape index (κ2) is 4.29. The van der Waals surface area contributed by atoms with Crippen LogP contribution in [-0.2, 0) is 4.79 Å². The zero-order chi connectivity index (χ0) is 10.7. The molecule has 15 heavy (non-hydrogen) atoms. The Morgan fingerprint density at radius 3 is 2.93 bits per heavy atom. The van der Waals surface area contributed by atoms with Gasteiger partial charge >= 0.3 is 0 Å². The molecule has 2 N–H and O–H groups in total. The lowest BCUT2D eigenvalue weighted by Crippen LogP contribution is -2.31. The molecule has 0 spiro atoms. The second-order valence-corrected chi connectivity index (χ2v) is 3.66. The predicted molar refractivity (Wildman–Crippen MR) is 56.1 cm³/mol. The monoisotopic (exact) mass is 208 g/mol. The summed E-state index contributed by atoms with van der Waals surface area (Å²) < 4.78 is 13.2. The van der Waals surface area contributed by atoms with Crippen LogP contribution in [0.4, 0.5) is 10.1 Å². The van der Waals surface area contributed by atoms with E-state index in [-0.39, 0.29) is 17.8 Å². The molecular formula is C11H13FN2O. The molecule has 4 heteroatoms. The number of carbonyl (C=O) groups is 1. The van der Waals surface area contributed by atoms with Crippen molar-refractivity contribution in [2.75, 3.05) is 11.9 Å². The van der Waals surface area contributed by atoms with Gasteiger partial charge in [0.05, 0.1) is 5.69 Å². The molecule has 0 saturated carbocycles. The molecule has 1 amide bonds. The lowest BCUT2D eigenvalue weighted by atomic mass is 10.2. The van der Waals surface area contributed by atoms with Gasteiger partial charge in [0.1, 0.15) is 5.82 Å². The Bertz CT molecular complexity index is 367. The summed E-state index contributed by atoms with van der Waals surface area (Å²) in [6.45, 7) is 0.576. The fourth-order valence-electron chi connectivity index (χ4n) is 1.67. The Morgan fingerprint density at radius 2 is 2.27 bits per heavy atom. The third-order valence-electron chi connectivity index (χ3n) is 2.50. The maximum Gasteiger partial charge on any atom is 0.220 e. The molecular weight excluding hydrogens is 195 g/mol. The number of hydrogen-bond acceptors (Lipinski definition) is 2. The van der Waals surface area contributed by atoms with Crippen LogP contribution in [0.2, 0.25) is 0 Å². The number of para-hydroxylation sites is 1. The fraction of sp³-hybridized carbons (Fsp3) is 0.364. The van der Waals surface area contributed by atoms with Crippen molar-refractivity contribution in [1.29, 1.82) is 0 Å². The highest BCUT2D eigenvalue weighted by Crippen LogP contribution is 2.13.